The van der Waals surface area contributed by atoms with Crippen molar-refractivity contribution in [2.24, 2.45) is 0 Å². The Morgan fingerprint density at radius 3 is 2.06 bits per heavy atom. The molecule has 0 fully saturated rings. The zero-order chi connectivity index (χ0) is 13.9. The van der Waals surface area contributed by atoms with Gasteiger partial charge in [-0.3, -0.25) is 4.79 Å². The van der Waals surface area contributed by atoms with Crippen molar-refractivity contribution in [2.75, 3.05) is 0 Å². The quantitative estimate of drug-likeness (QED) is 0.771. The molecule has 3 N–H and O–H groups in total. The van der Waals surface area contributed by atoms with Crippen molar-refractivity contribution in [1.82, 2.24) is 0 Å². The standard InChI is InChI=1S/C11H11F3O4/c12-11(13,14)7-3-1-6(2-4-7)10(18)8(15)5-9(16)17/h1-4,8,10,15,18H,5H2,(H,16,17). The largest absolute Gasteiger partial charge is 0.481 e. The highest BCUT2D eigenvalue weighted by Crippen LogP contribution is 2.30. The zero-order valence-corrected chi connectivity index (χ0v) is 9.05. The summed E-state index contributed by atoms with van der Waals surface area (Å²) in [4.78, 5) is 10.3. The molecule has 0 saturated heterocycles. The minimum atomic E-state index is -4.48. The maximum Gasteiger partial charge on any atom is 0.416 e. The maximum absolute atomic E-state index is 12.3. The number of carboxylic acids is 1. The average Bonchev–Trinajstić information content (AvgIpc) is 2.26. The van der Waals surface area contributed by atoms with Gasteiger partial charge in [0, 0.05) is 0 Å². The minimum absolute atomic E-state index is 0.0248. The summed E-state index contributed by atoms with van der Waals surface area (Å²) in [7, 11) is 0. The molecule has 4 nitrogen and oxygen atoms in total. The molecule has 0 spiro atoms. The average molecular weight is 264 g/mol. The lowest BCUT2D eigenvalue weighted by atomic mass is 10.0. The summed E-state index contributed by atoms with van der Waals surface area (Å²) >= 11 is 0. The Hall–Kier alpha value is -1.60. The molecule has 7 heteroatoms. The predicted molar refractivity (Wildman–Crippen MR) is 54.7 cm³/mol. The summed E-state index contributed by atoms with van der Waals surface area (Å²) in [5.74, 6) is -1.31. The van der Waals surface area contributed by atoms with Crippen LogP contribution in [0.15, 0.2) is 24.3 Å². The number of hydrogen-bond acceptors (Lipinski definition) is 3. The molecule has 0 heterocycles. The Kier molecular flexibility index (Phi) is 4.31. The van der Waals surface area contributed by atoms with Crippen molar-refractivity contribution in [3.8, 4) is 0 Å². The van der Waals surface area contributed by atoms with Crippen LogP contribution in [0.2, 0.25) is 0 Å². The van der Waals surface area contributed by atoms with Gasteiger partial charge in [0.2, 0.25) is 0 Å². The molecule has 100 valence electrons. The fourth-order valence-electron chi connectivity index (χ4n) is 1.38. The van der Waals surface area contributed by atoms with Gasteiger partial charge in [0.1, 0.15) is 6.10 Å². The highest BCUT2D eigenvalue weighted by Gasteiger charge is 2.30. The minimum Gasteiger partial charge on any atom is -0.481 e. The second-order valence-corrected chi connectivity index (χ2v) is 3.73. The number of aliphatic hydroxyl groups is 2. The number of aliphatic carboxylic acids is 1. The summed E-state index contributed by atoms with van der Waals surface area (Å²) in [5.41, 5.74) is -0.858. The second-order valence-electron chi connectivity index (χ2n) is 3.73. The fourth-order valence-corrected chi connectivity index (χ4v) is 1.38. The summed E-state index contributed by atoms with van der Waals surface area (Å²) < 4.78 is 36.8. The van der Waals surface area contributed by atoms with Crippen LogP contribution in [-0.4, -0.2) is 27.4 Å². The van der Waals surface area contributed by atoms with Crippen LogP contribution in [0.1, 0.15) is 23.7 Å². The molecule has 2 atom stereocenters. The van der Waals surface area contributed by atoms with E-state index in [1.807, 2.05) is 0 Å². The van der Waals surface area contributed by atoms with E-state index < -0.39 is 36.3 Å². The molecule has 0 aliphatic heterocycles. The van der Waals surface area contributed by atoms with E-state index in [-0.39, 0.29) is 5.56 Å². The van der Waals surface area contributed by atoms with Crippen LogP contribution >= 0.6 is 0 Å². The number of halogens is 3. The summed E-state index contributed by atoms with van der Waals surface area (Å²) in [5, 5.41) is 27.3. The Morgan fingerprint density at radius 1 is 1.17 bits per heavy atom. The lowest BCUT2D eigenvalue weighted by Gasteiger charge is -2.17. The van der Waals surface area contributed by atoms with Gasteiger partial charge >= 0.3 is 12.1 Å². The highest BCUT2D eigenvalue weighted by atomic mass is 19.4. The molecule has 0 aliphatic rings. The molecule has 0 aromatic heterocycles. The third kappa shape index (κ3) is 3.71. The van der Waals surface area contributed by atoms with Crippen LogP contribution in [-0.2, 0) is 11.0 Å². The smallest absolute Gasteiger partial charge is 0.416 e. The Balaban J connectivity index is 2.82. The number of aliphatic hydroxyl groups excluding tert-OH is 2. The van der Waals surface area contributed by atoms with E-state index in [2.05, 4.69) is 0 Å². The van der Waals surface area contributed by atoms with E-state index in [1.165, 1.54) is 0 Å². The Bertz CT molecular complexity index is 413. The first kappa shape index (κ1) is 14.5. The van der Waals surface area contributed by atoms with Crippen molar-refractivity contribution in [2.45, 2.75) is 24.8 Å². The molecule has 2 unspecified atom stereocenters. The van der Waals surface area contributed by atoms with Crippen molar-refractivity contribution < 1.29 is 33.3 Å². The van der Waals surface area contributed by atoms with E-state index in [1.54, 1.807) is 0 Å². The summed E-state index contributed by atoms with van der Waals surface area (Å²) in [6.45, 7) is 0. The first-order valence-electron chi connectivity index (χ1n) is 4.97. The molecule has 1 aromatic rings. The molecular formula is C11H11F3O4. The summed E-state index contributed by atoms with van der Waals surface area (Å²) in [6.07, 6.45) is -8.28. The number of hydrogen-bond donors (Lipinski definition) is 3. The molecule has 1 aromatic carbocycles. The lowest BCUT2D eigenvalue weighted by molar-refractivity contribution is -0.141. The van der Waals surface area contributed by atoms with Gasteiger partial charge in [-0.05, 0) is 17.7 Å². The molecule has 1 rings (SSSR count). The van der Waals surface area contributed by atoms with E-state index >= 15 is 0 Å². The molecule has 0 radical (unpaired) electrons. The molecule has 0 saturated carbocycles. The van der Waals surface area contributed by atoms with Crippen LogP contribution in [0.5, 0.6) is 0 Å². The SMILES string of the molecule is O=C(O)CC(O)C(O)c1ccc(C(F)(F)F)cc1. The third-order valence-electron chi connectivity index (χ3n) is 2.33. The number of alkyl halides is 3. The highest BCUT2D eigenvalue weighted by molar-refractivity contribution is 5.67. The summed E-state index contributed by atoms with van der Waals surface area (Å²) in [6, 6.07) is 3.51. The van der Waals surface area contributed by atoms with E-state index in [0.717, 1.165) is 24.3 Å². The third-order valence-corrected chi connectivity index (χ3v) is 2.33. The van der Waals surface area contributed by atoms with E-state index in [9.17, 15) is 28.2 Å². The van der Waals surface area contributed by atoms with Crippen LogP contribution in [0.25, 0.3) is 0 Å². The van der Waals surface area contributed by atoms with Gasteiger partial charge in [-0.2, -0.15) is 13.2 Å². The van der Waals surface area contributed by atoms with E-state index in [0.29, 0.717) is 0 Å². The number of carbonyl (C=O) groups is 1. The Morgan fingerprint density at radius 2 is 1.67 bits per heavy atom. The van der Waals surface area contributed by atoms with E-state index in [4.69, 9.17) is 5.11 Å². The number of rotatable bonds is 4. The molecule has 0 bridgehead atoms. The van der Waals surface area contributed by atoms with Crippen LogP contribution in [0.4, 0.5) is 13.2 Å². The van der Waals surface area contributed by atoms with Gasteiger partial charge in [0.05, 0.1) is 18.1 Å². The van der Waals surface area contributed by atoms with Gasteiger partial charge in [-0.25, -0.2) is 0 Å². The first-order chi connectivity index (χ1) is 8.21. The van der Waals surface area contributed by atoms with Gasteiger partial charge in [-0.15, -0.1) is 0 Å². The molecule has 0 aliphatic carbocycles. The van der Waals surface area contributed by atoms with Crippen molar-refractivity contribution >= 4 is 5.97 Å². The molecule has 18 heavy (non-hydrogen) atoms. The second kappa shape index (κ2) is 5.36. The Labute approximate surface area is 100 Å². The van der Waals surface area contributed by atoms with Gasteiger partial charge < -0.3 is 15.3 Å². The fraction of sp³-hybridized carbons (Fsp3) is 0.364. The van der Waals surface area contributed by atoms with Crippen LogP contribution in [0.3, 0.4) is 0 Å². The number of benzene rings is 1. The normalized spacial score (nSPS) is 15.2. The van der Waals surface area contributed by atoms with Crippen LogP contribution < -0.4 is 0 Å². The van der Waals surface area contributed by atoms with Crippen molar-refractivity contribution in [3.63, 3.8) is 0 Å². The predicted octanol–water partition coefficient (Wildman–Crippen LogP) is 1.57. The maximum atomic E-state index is 12.3. The monoisotopic (exact) mass is 264 g/mol. The lowest BCUT2D eigenvalue weighted by Crippen LogP contribution is -2.21. The van der Waals surface area contributed by atoms with Crippen molar-refractivity contribution in [1.29, 1.82) is 0 Å². The molecular weight excluding hydrogens is 253 g/mol. The van der Waals surface area contributed by atoms with Gasteiger partial charge in [0.15, 0.2) is 0 Å². The van der Waals surface area contributed by atoms with Gasteiger partial charge in [0.25, 0.3) is 0 Å². The topological polar surface area (TPSA) is 77.8 Å². The van der Waals surface area contributed by atoms with Gasteiger partial charge in [-0.1, -0.05) is 12.1 Å². The first-order valence-corrected chi connectivity index (χ1v) is 4.97. The van der Waals surface area contributed by atoms with Crippen LogP contribution in [0, 0.1) is 0 Å². The number of carboxylic acid groups (broad SMARTS) is 1. The van der Waals surface area contributed by atoms with Crippen molar-refractivity contribution in [3.05, 3.63) is 35.4 Å². The zero-order valence-electron chi connectivity index (χ0n) is 9.05. The molecule has 0 amide bonds.